The number of rotatable bonds is 8. The number of nitrogens with zero attached hydrogens (tertiary/aromatic N) is 2. The average molecular weight is 396 g/mol. The molecule has 0 saturated carbocycles. The predicted molar refractivity (Wildman–Crippen MR) is 102 cm³/mol. The molecule has 0 aliphatic heterocycles. The summed E-state index contributed by atoms with van der Waals surface area (Å²) in [4.78, 5) is 23.6. The maximum absolute atomic E-state index is 12.5. The highest BCUT2D eigenvalue weighted by molar-refractivity contribution is 8.01. The molecule has 1 N–H and O–H groups in total. The van der Waals surface area contributed by atoms with E-state index >= 15 is 0 Å². The van der Waals surface area contributed by atoms with Crippen LogP contribution in [0.5, 0.6) is 5.75 Å². The third-order valence-electron chi connectivity index (χ3n) is 3.67. The van der Waals surface area contributed by atoms with E-state index in [9.17, 15) is 9.59 Å². The molecule has 1 heterocycles. The summed E-state index contributed by atoms with van der Waals surface area (Å²) in [7, 11) is 1.33. The van der Waals surface area contributed by atoms with Crippen LogP contribution < -0.4 is 10.1 Å². The highest BCUT2D eigenvalue weighted by atomic mass is 32.2. The topological polar surface area (TPSA) is 90.4 Å². The minimum Gasteiger partial charge on any atom is -0.480 e. The van der Waals surface area contributed by atoms with Gasteiger partial charge in [0.2, 0.25) is 5.13 Å². The second-order valence-corrected chi connectivity index (χ2v) is 7.64. The molecule has 7 nitrogen and oxygen atoms in total. The molecule has 0 aliphatic rings. The van der Waals surface area contributed by atoms with Gasteiger partial charge in [0, 0.05) is 0 Å². The minimum absolute atomic E-state index is 0.145. The van der Waals surface area contributed by atoms with Crippen LogP contribution in [0, 0.1) is 13.8 Å². The Hall–Kier alpha value is -2.13. The van der Waals surface area contributed by atoms with E-state index in [1.54, 1.807) is 0 Å². The number of thioether (sulfide) groups is 1. The van der Waals surface area contributed by atoms with E-state index in [1.165, 1.54) is 30.2 Å². The second-order valence-electron chi connectivity index (χ2n) is 5.44. The van der Waals surface area contributed by atoms with E-state index in [2.05, 4.69) is 20.3 Å². The van der Waals surface area contributed by atoms with Crippen LogP contribution in [-0.2, 0) is 14.3 Å². The van der Waals surface area contributed by atoms with Gasteiger partial charge in [0.25, 0.3) is 5.91 Å². The minimum atomic E-state index is -0.634. The zero-order chi connectivity index (χ0) is 19.1. The Bertz CT molecular complexity index is 779. The van der Waals surface area contributed by atoms with E-state index in [1.807, 2.05) is 39.0 Å². The Morgan fingerprint density at radius 2 is 2.08 bits per heavy atom. The molecule has 0 saturated heterocycles. The molecule has 0 spiro atoms. The van der Waals surface area contributed by atoms with Gasteiger partial charge in [-0.15, -0.1) is 10.2 Å². The third kappa shape index (κ3) is 5.43. The van der Waals surface area contributed by atoms with Crippen LogP contribution in [0.1, 0.15) is 24.5 Å². The van der Waals surface area contributed by atoms with Crippen LogP contribution in [0.15, 0.2) is 22.5 Å². The number of hydrogen-bond acceptors (Lipinski definition) is 8. The lowest BCUT2D eigenvalue weighted by Gasteiger charge is -2.18. The third-order valence-corrected chi connectivity index (χ3v) is 5.61. The molecule has 9 heteroatoms. The summed E-state index contributed by atoms with van der Waals surface area (Å²) in [6, 6.07) is 5.75. The molecule has 1 aromatic carbocycles. The van der Waals surface area contributed by atoms with E-state index < -0.39 is 6.10 Å². The van der Waals surface area contributed by atoms with Crippen molar-refractivity contribution < 1.29 is 19.1 Å². The van der Waals surface area contributed by atoms with Crippen LogP contribution in [0.4, 0.5) is 5.13 Å². The Labute approximate surface area is 160 Å². The number of aromatic nitrogens is 2. The number of methoxy groups -OCH3 is 1. The van der Waals surface area contributed by atoms with Crippen molar-refractivity contribution in [2.24, 2.45) is 0 Å². The standard InChI is InChI=1S/C17H21N3O4S2/c1-5-12(24-13-8-6-7-10(2)11(13)3)15(22)18-16-19-20-17(26-16)25-9-14(21)23-4/h6-8,12H,5,9H2,1-4H3,(H,18,19,22). The van der Waals surface area contributed by atoms with Gasteiger partial charge < -0.3 is 9.47 Å². The zero-order valence-electron chi connectivity index (χ0n) is 15.1. The summed E-state index contributed by atoms with van der Waals surface area (Å²) >= 11 is 2.41. The van der Waals surface area contributed by atoms with Gasteiger partial charge in [-0.05, 0) is 37.5 Å². The van der Waals surface area contributed by atoms with E-state index in [0.29, 0.717) is 21.6 Å². The first-order valence-electron chi connectivity index (χ1n) is 8.01. The fourth-order valence-electron chi connectivity index (χ4n) is 2.01. The van der Waals surface area contributed by atoms with Crippen molar-refractivity contribution in [3.8, 4) is 5.75 Å². The van der Waals surface area contributed by atoms with Crippen LogP contribution in [0.25, 0.3) is 0 Å². The van der Waals surface area contributed by atoms with Gasteiger partial charge in [0.1, 0.15) is 5.75 Å². The van der Waals surface area contributed by atoms with Crippen molar-refractivity contribution >= 4 is 40.1 Å². The lowest BCUT2D eigenvalue weighted by atomic mass is 10.1. The molecule has 0 bridgehead atoms. The Morgan fingerprint density at radius 1 is 1.31 bits per heavy atom. The quantitative estimate of drug-likeness (QED) is 0.417. The van der Waals surface area contributed by atoms with Gasteiger partial charge >= 0.3 is 5.97 Å². The summed E-state index contributed by atoms with van der Waals surface area (Å²) in [6.07, 6.45) is -0.118. The van der Waals surface area contributed by atoms with Crippen molar-refractivity contribution in [3.05, 3.63) is 29.3 Å². The zero-order valence-corrected chi connectivity index (χ0v) is 16.7. The Balaban J connectivity index is 1.97. The molecule has 1 atom stereocenters. The molecule has 0 radical (unpaired) electrons. The van der Waals surface area contributed by atoms with Crippen LogP contribution in [0.3, 0.4) is 0 Å². The van der Waals surface area contributed by atoms with E-state index in [0.717, 1.165) is 11.1 Å². The number of anilines is 1. The summed E-state index contributed by atoms with van der Waals surface area (Å²) in [5, 5.41) is 10.9. The van der Waals surface area contributed by atoms with Gasteiger partial charge in [0.05, 0.1) is 12.9 Å². The van der Waals surface area contributed by atoms with Gasteiger partial charge in [-0.1, -0.05) is 42.2 Å². The molecule has 2 aromatic rings. The Morgan fingerprint density at radius 3 is 2.77 bits per heavy atom. The number of aryl methyl sites for hydroxylation is 1. The van der Waals surface area contributed by atoms with Crippen LogP contribution in [0.2, 0.25) is 0 Å². The van der Waals surface area contributed by atoms with Crippen LogP contribution >= 0.6 is 23.1 Å². The van der Waals surface area contributed by atoms with Gasteiger partial charge in [0.15, 0.2) is 10.4 Å². The van der Waals surface area contributed by atoms with Crippen LogP contribution in [-0.4, -0.2) is 41.0 Å². The largest absolute Gasteiger partial charge is 0.480 e. The molecule has 2 rings (SSSR count). The van der Waals surface area contributed by atoms with Crippen molar-refractivity contribution in [1.29, 1.82) is 0 Å². The fraction of sp³-hybridized carbons (Fsp3) is 0.412. The number of benzene rings is 1. The second kappa shape index (κ2) is 9.54. The molecular formula is C17H21N3O4S2. The van der Waals surface area contributed by atoms with Crippen molar-refractivity contribution in [3.63, 3.8) is 0 Å². The molecule has 1 aromatic heterocycles. The average Bonchev–Trinajstić information content (AvgIpc) is 3.08. The highest BCUT2D eigenvalue weighted by Gasteiger charge is 2.21. The summed E-state index contributed by atoms with van der Waals surface area (Å²) in [5.41, 5.74) is 2.12. The molecule has 0 fully saturated rings. The smallest absolute Gasteiger partial charge is 0.316 e. The van der Waals surface area contributed by atoms with Crippen molar-refractivity contribution in [1.82, 2.24) is 10.2 Å². The maximum Gasteiger partial charge on any atom is 0.316 e. The SMILES string of the molecule is CCC(Oc1cccc(C)c1C)C(=O)Nc1nnc(SCC(=O)OC)s1. The number of carbonyl (C=O) groups is 2. The number of hydrogen-bond donors (Lipinski definition) is 1. The Kier molecular flexibility index (Phi) is 7.40. The van der Waals surface area contributed by atoms with Crippen molar-refractivity contribution in [2.45, 2.75) is 37.6 Å². The monoisotopic (exact) mass is 395 g/mol. The molecule has 140 valence electrons. The molecule has 1 amide bonds. The van der Waals surface area contributed by atoms with E-state index in [4.69, 9.17) is 4.74 Å². The lowest BCUT2D eigenvalue weighted by Crippen LogP contribution is -2.32. The van der Waals surface area contributed by atoms with E-state index in [-0.39, 0.29) is 17.6 Å². The number of esters is 1. The van der Waals surface area contributed by atoms with Crippen molar-refractivity contribution in [2.75, 3.05) is 18.2 Å². The molecule has 0 aliphatic carbocycles. The summed E-state index contributed by atoms with van der Waals surface area (Å²) in [5.74, 6) is 0.211. The number of nitrogens with one attached hydrogen (secondary N) is 1. The summed E-state index contributed by atoms with van der Waals surface area (Å²) in [6.45, 7) is 5.84. The number of amides is 1. The number of ether oxygens (including phenoxy) is 2. The fourth-order valence-corrected chi connectivity index (χ4v) is 3.60. The molecule has 1 unspecified atom stereocenters. The number of carbonyl (C=O) groups excluding carboxylic acids is 2. The maximum atomic E-state index is 12.5. The molecular weight excluding hydrogens is 374 g/mol. The molecule has 26 heavy (non-hydrogen) atoms. The highest BCUT2D eigenvalue weighted by Crippen LogP contribution is 2.26. The predicted octanol–water partition coefficient (Wildman–Crippen LogP) is 3.22. The van der Waals surface area contributed by atoms with Gasteiger partial charge in [-0.25, -0.2) is 0 Å². The lowest BCUT2D eigenvalue weighted by molar-refractivity contribution is -0.137. The van der Waals surface area contributed by atoms with Gasteiger partial charge in [-0.3, -0.25) is 14.9 Å². The first-order chi connectivity index (χ1) is 12.4. The van der Waals surface area contributed by atoms with Gasteiger partial charge in [-0.2, -0.15) is 0 Å². The first kappa shape index (κ1) is 20.2. The summed E-state index contributed by atoms with van der Waals surface area (Å²) < 4.78 is 11.0. The normalized spacial score (nSPS) is 11.7. The first-order valence-corrected chi connectivity index (χ1v) is 9.81.